The van der Waals surface area contributed by atoms with E-state index in [1.165, 1.54) is 17.0 Å². The summed E-state index contributed by atoms with van der Waals surface area (Å²) in [5.74, 6) is -0.371. The van der Waals surface area contributed by atoms with E-state index in [1.807, 2.05) is 37.3 Å². The van der Waals surface area contributed by atoms with Crippen LogP contribution in [0.5, 0.6) is 5.75 Å². The summed E-state index contributed by atoms with van der Waals surface area (Å²) in [7, 11) is -4.27. The maximum Gasteiger partial charge on any atom is 0.264 e. The lowest BCUT2D eigenvalue weighted by atomic mass is 10.0. The fraction of sp³-hybridized carbons (Fsp3) is 0.297. The largest absolute Gasteiger partial charge is 0.494 e. The molecule has 4 aromatic carbocycles. The molecule has 2 amide bonds. The second kappa shape index (κ2) is 16.9. The number of ether oxygens (including phenoxy) is 1. The maximum atomic E-state index is 14.8. The predicted molar refractivity (Wildman–Crippen MR) is 198 cm³/mol. The van der Waals surface area contributed by atoms with Gasteiger partial charge in [-0.1, -0.05) is 88.4 Å². The van der Waals surface area contributed by atoms with E-state index in [4.69, 9.17) is 27.9 Å². The standard InChI is InChI=1S/C37H38BrCl2N3O5S/c1-2-48-30-19-17-29(18-20-30)43(49(46,47)31-21-15-27(38)16-22-31)25-36(44)42(24-32-33(39)13-8-14-34(32)40)35(23-26-9-4-3-5-10-26)37(45)41-28-11-6-7-12-28/h3-5,8-10,13-22,28,35H,2,6-7,11-12,23-25H2,1H3,(H,41,45)/t35-/m0/s1. The molecule has 1 aliphatic carbocycles. The van der Waals surface area contributed by atoms with Crippen LogP contribution in [0.2, 0.25) is 10.0 Å². The van der Waals surface area contributed by atoms with Crippen molar-refractivity contribution in [1.82, 2.24) is 10.2 Å². The Morgan fingerprint density at radius 3 is 2.14 bits per heavy atom. The van der Waals surface area contributed by atoms with Crippen molar-refractivity contribution in [3.8, 4) is 5.75 Å². The monoisotopic (exact) mass is 785 g/mol. The van der Waals surface area contributed by atoms with Crippen LogP contribution in [-0.4, -0.2) is 50.4 Å². The zero-order valence-corrected chi connectivity index (χ0v) is 30.9. The molecule has 8 nitrogen and oxygen atoms in total. The summed E-state index contributed by atoms with van der Waals surface area (Å²) in [6.45, 7) is 1.56. The number of carbonyl (C=O) groups is 2. The predicted octanol–water partition coefficient (Wildman–Crippen LogP) is 8.05. The normalized spacial score (nSPS) is 13.9. The molecule has 1 aliphatic rings. The number of anilines is 1. The molecule has 258 valence electrons. The second-order valence-corrected chi connectivity index (χ2v) is 15.4. The fourth-order valence-electron chi connectivity index (χ4n) is 5.91. The first kappa shape index (κ1) is 36.7. The molecular weight excluding hydrogens is 749 g/mol. The molecule has 0 aromatic heterocycles. The first-order chi connectivity index (χ1) is 23.6. The van der Waals surface area contributed by atoms with Crippen LogP contribution in [0.25, 0.3) is 0 Å². The van der Waals surface area contributed by atoms with Gasteiger partial charge in [0.1, 0.15) is 18.3 Å². The Kier molecular flexibility index (Phi) is 12.7. The highest BCUT2D eigenvalue weighted by molar-refractivity contribution is 9.10. The molecule has 1 saturated carbocycles. The summed E-state index contributed by atoms with van der Waals surface area (Å²) in [5.41, 5.74) is 1.54. The van der Waals surface area contributed by atoms with Gasteiger partial charge in [0.15, 0.2) is 0 Å². The van der Waals surface area contributed by atoms with Crippen molar-refractivity contribution in [1.29, 1.82) is 0 Å². The molecule has 0 bridgehead atoms. The maximum absolute atomic E-state index is 14.8. The molecule has 5 rings (SSSR count). The van der Waals surface area contributed by atoms with Gasteiger partial charge in [-0.2, -0.15) is 0 Å². The van der Waals surface area contributed by atoms with Gasteiger partial charge in [-0.3, -0.25) is 13.9 Å². The van der Waals surface area contributed by atoms with Gasteiger partial charge in [0, 0.05) is 39.1 Å². The summed E-state index contributed by atoms with van der Waals surface area (Å²) in [5, 5.41) is 3.81. The molecule has 1 fully saturated rings. The number of benzene rings is 4. The highest BCUT2D eigenvalue weighted by atomic mass is 79.9. The molecule has 0 spiro atoms. The van der Waals surface area contributed by atoms with Gasteiger partial charge in [0.05, 0.1) is 17.2 Å². The molecular formula is C37H38BrCl2N3O5S. The van der Waals surface area contributed by atoms with Crippen LogP contribution in [0.4, 0.5) is 5.69 Å². The van der Waals surface area contributed by atoms with Crippen LogP contribution in [0.15, 0.2) is 106 Å². The summed E-state index contributed by atoms with van der Waals surface area (Å²) in [6, 6.07) is 26.1. The molecule has 0 radical (unpaired) electrons. The average Bonchev–Trinajstić information content (AvgIpc) is 3.60. The van der Waals surface area contributed by atoms with Gasteiger partial charge >= 0.3 is 0 Å². The van der Waals surface area contributed by atoms with E-state index in [0.717, 1.165) is 35.6 Å². The van der Waals surface area contributed by atoms with E-state index in [9.17, 15) is 18.0 Å². The highest BCUT2D eigenvalue weighted by Gasteiger charge is 2.36. The zero-order chi connectivity index (χ0) is 35.0. The van der Waals surface area contributed by atoms with Crippen molar-refractivity contribution in [2.75, 3.05) is 17.5 Å². The first-order valence-electron chi connectivity index (χ1n) is 16.1. The van der Waals surface area contributed by atoms with Crippen LogP contribution in [0, 0.1) is 0 Å². The van der Waals surface area contributed by atoms with E-state index < -0.39 is 28.5 Å². The Morgan fingerprint density at radius 1 is 0.898 bits per heavy atom. The van der Waals surface area contributed by atoms with E-state index in [0.29, 0.717) is 32.4 Å². The van der Waals surface area contributed by atoms with Crippen molar-refractivity contribution in [2.45, 2.75) is 62.6 Å². The minimum Gasteiger partial charge on any atom is -0.494 e. The van der Waals surface area contributed by atoms with Crippen molar-refractivity contribution in [2.24, 2.45) is 0 Å². The van der Waals surface area contributed by atoms with Crippen molar-refractivity contribution < 1.29 is 22.7 Å². The van der Waals surface area contributed by atoms with E-state index in [-0.39, 0.29) is 35.5 Å². The first-order valence-corrected chi connectivity index (χ1v) is 19.1. The van der Waals surface area contributed by atoms with Crippen molar-refractivity contribution in [3.63, 3.8) is 0 Å². The molecule has 49 heavy (non-hydrogen) atoms. The summed E-state index contributed by atoms with van der Waals surface area (Å²) in [4.78, 5) is 30.3. The SMILES string of the molecule is CCOc1ccc(N(CC(=O)N(Cc2c(Cl)cccc2Cl)[C@@H](Cc2ccccc2)C(=O)NC2CCCC2)S(=O)(=O)c2ccc(Br)cc2)cc1. The van der Waals surface area contributed by atoms with Gasteiger partial charge < -0.3 is 15.0 Å². The Labute approximate surface area is 306 Å². The number of halogens is 3. The Balaban J connectivity index is 1.59. The minimum absolute atomic E-state index is 0.00195. The van der Waals surface area contributed by atoms with Crippen LogP contribution in [0.1, 0.15) is 43.7 Å². The highest BCUT2D eigenvalue weighted by Crippen LogP contribution is 2.30. The smallest absolute Gasteiger partial charge is 0.264 e. The van der Waals surface area contributed by atoms with Crippen molar-refractivity contribution >= 4 is 66.7 Å². The topological polar surface area (TPSA) is 96.0 Å². The van der Waals surface area contributed by atoms with E-state index >= 15 is 0 Å². The average molecular weight is 788 g/mol. The van der Waals surface area contributed by atoms with Gasteiger partial charge in [0.25, 0.3) is 10.0 Å². The Hall–Kier alpha value is -3.57. The quantitative estimate of drug-likeness (QED) is 0.140. The van der Waals surface area contributed by atoms with Crippen LogP contribution < -0.4 is 14.4 Å². The number of nitrogens with zero attached hydrogens (tertiary/aromatic N) is 2. The minimum atomic E-state index is -4.27. The number of rotatable bonds is 14. The molecule has 0 unspecified atom stereocenters. The number of sulfonamides is 1. The fourth-order valence-corrected chi connectivity index (χ4v) is 8.11. The zero-order valence-electron chi connectivity index (χ0n) is 27.0. The van der Waals surface area contributed by atoms with Gasteiger partial charge in [-0.15, -0.1) is 0 Å². The number of nitrogens with one attached hydrogen (secondary N) is 1. The molecule has 0 saturated heterocycles. The lowest BCUT2D eigenvalue weighted by Gasteiger charge is -2.34. The van der Waals surface area contributed by atoms with Crippen LogP contribution >= 0.6 is 39.1 Å². The number of hydrogen-bond acceptors (Lipinski definition) is 5. The van der Waals surface area contributed by atoms with Gasteiger partial charge in [-0.05, 0) is 86.0 Å². The van der Waals surface area contributed by atoms with Crippen LogP contribution in [-0.2, 0) is 32.6 Å². The van der Waals surface area contributed by atoms with Gasteiger partial charge in [-0.25, -0.2) is 8.42 Å². The molecule has 4 aromatic rings. The molecule has 1 atom stereocenters. The number of amides is 2. The van der Waals surface area contributed by atoms with E-state index in [1.54, 1.807) is 54.6 Å². The number of hydrogen-bond donors (Lipinski definition) is 1. The summed E-state index contributed by atoms with van der Waals surface area (Å²) >= 11 is 16.6. The molecule has 0 aliphatic heterocycles. The van der Waals surface area contributed by atoms with Crippen LogP contribution in [0.3, 0.4) is 0 Å². The molecule has 12 heteroatoms. The van der Waals surface area contributed by atoms with E-state index in [2.05, 4.69) is 21.2 Å². The molecule has 0 heterocycles. The number of carbonyl (C=O) groups excluding carboxylic acids is 2. The third-order valence-electron chi connectivity index (χ3n) is 8.48. The third-order valence-corrected chi connectivity index (χ3v) is 11.5. The lowest BCUT2D eigenvalue weighted by Crippen LogP contribution is -2.54. The second-order valence-electron chi connectivity index (χ2n) is 11.8. The lowest BCUT2D eigenvalue weighted by molar-refractivity contribution is -0.140. The van der Waals surface area contributed by atoms with Crippen molar-refractivity contribution in [3.05, 3.63) is 123 Å². The summed E-state index contributed by atoms with van der Waals surface area (Å²) < 4.78 is 35.9. The molecule has 1 N–H and O–H groups in total. The van der Waals surface area contributed by atoms with Gasteiger partial charge in [0.2, 0.25) is 11.8 Å². The third kappa shape index (κ3) is 9.36. The summed E-state index contributed by atoms with van der Waals surface area (Å²) in [6.07, 6.45) is 3.92. The Bertz CT molecular complexity index is 1820. The Morgan fingerprint density at radius 2 is 1.53 bits per heavy atom.